The van der Waals surface area contributed by atoms with Crippen LogP contribution in [0.2, 0.25) is 0 Å². The van der Waals surface area contributed by atoms with Crippen LogP contribution >= 0.6 is 11.3 Å². The van der Waals surface area contributed by atoms with Gasteiger partial charge in [-0.1, -0.05) is 6.07 Å². The Morgan fingerprint density at radius 3 is 2.67 bits per heavy atom. The van der Waals surface area contributed by atoms with E-state index in [0.29, 0.717) is 13.0 Å². The molecule has 1 rings (SSSR count). The second kappa shape index (κ2) is 5.51. The summed E-state index contributed by atoms with van der Waals surface area (Å²) in [6.45, 7) is 0.400. The lowest BCUT2D eigenvalue weighted by molar-refractivity contribution is -0.144. The molecular weight excluding hydrogens is 223 g/mol. The van der Waals surface area contributed by atoms with E-state index in [9.17, 15) is 13.2 Å². The van der Waals surface area contributed by atoms with Crippen LogP contribution in [-0.4, -0.2) is 19.8 Å². The zero-order valence-corrected chi connectivity index (χ0v) is 9.29. The maximum Gasteiger partial charge on any atom is 0.389 e. The van der Waals surface area contributed by atoms with Crippen molar-refractivity contribution in [2.45, 2.75) is 19.0 Å². The number of hydrogen-bond donors (Lipinski definition) is 1. The highest BCUT2D eigenvalue weighted by atomic mass is 32.1. The molecule has 0 bridgehead atoms. The highest BCUT2D eigenvalue weighted by molar-refractivity contribution is 7.09. The molecule has 0 aromatic carbocycles. The number of alkyl halides is 3. The summed E-state index contributed by atoms with van der Waals surface area (Å²) >= 11 is 1.51. The van der Waals surface area contributed by atoms with Gasteiger partial charge in [0.15, 0.2) is 0 Å². The van der Waals surface area contributed by atoms with Gasteiger partial charge in [-0.3, -0.25) is 0 Å². The Kier molecular flexibility index (Phi) is 4.60. The molecule has 86 valence electrons. The minimum Gasteiger partial charge on any atom is -0.319 e. The van der Waals surface area contributed by atoms with Crippen molar-refractivity contribution in [3.8, 4) is 0 Å². The zero-order valence-electron chi connectivity index (χ0n) is 8.47. The fraction of sp³-hybridized carbons (Fsp3) is 0.600. The van der Waals surface area contributed by atoms with E-state index in [4.69, 9.17) is 0 Å². The minimum atomic E-state index is -4.07. The normalized spacial score (nSPS) is 14.1. The van der Waals surface area contributed by atoms with E-state index in [1.54, 1.807) is 7.05 Å². The lowest BCUT2D eigenvalue weighted by Crippen LogP contribution is -2.26. The standard InChI is InChI=1S/C10H14F3NS/c1-14-7-8(6-10(11,12)13)5-9-3-2-4-15-9/h2-4,8,14H,5-7H2,1H3/t8-/m0/s1. The first kappa shape index (κ1) is 12.5. The number of nitrogens with one attached hydrogen (secondary N) is 1. The first-order chi connectivity index (χ1) is 7.01. The second-order valence-electron chi connectivity index (χ2n) is 3.53. The van der Waals surface area contributed by atoms with E-state index in [1.165, 1.54) is 11.3 Å². The molecule has 1 nitrogen and oxygen atoms in total. The highest BCUT2D eigenvalue weighted by Gasteiger charge is 2.31. The average Bonchev–Trinajstić information content (AvgIpc) is 2.54. The van der Waals surface area contributed by atoms with Gasteiger partial charge in [-0.25, -0.2) is 0 Å². The summed E-state index contributed by atoms with van der Waals surface area (Å²) in [6, 6.07) is 3.74. The Hall–Kier alpha value is -0.550. The molecule has 1 heterocycles. The van der Waals surface area contributed by atoms with E-state index in [2.05, 4.69) is 5.32 Å². The van der Waals surface area contributed by atoms with Crippen molar-refractivity contribution in [1.82, 2.24) is 5.32 Å². The van der Waals surface area contributed by atoms with E-state index >= 15 is 0 Å². The molecule has 15 heavy (non-hydrogen) atoms. The molecule has 1 atom stereocenters. The van der Waals surface area contributed by atoms with Crippen molar-refractivity contribution < 1.29 is 13.2 Å². The van der Waals surface area contributed by atoms with Gasteiger partial charge in [0.25, 0.3) is 0 Å². The Morgan fingerprint density at radius 2 is 2.20 bits per heavy atom. The maximum atomic E-state index is 12.2. The van der Waals surface area contributed by atoms with Gasteiger partial charge in [0.1, 0.15) is 0 Å². The lowest BCUT2D eigenvalue weighted by Gasteiger charge is -2.17. The van der Waals surface area contributed by atoms with E-state index < -0.39 is 12.6 Å². The highest BCUT2D eigenvalue weighted by Crippen LogP contribution is 2.27. The van der Waals surface area contributed by atoms with Crippen LogP contribution in [0.4, 0.5) is 13.2 Å². The molecule has 5 heteroatoms. The third-order valence-electron chi connectivity index (χ3n) is 2.08. The van der Waals surface area contributed by atoms with Crippen molar-refractivity contribution in [1.29, 1.82) is 0 Å². The molecular formula is C10H14F3NS. The van der Waals surface area contributed by atoms with E-state index in [0.717, 1.165) is 4.88 Å². The number of hydrogen-bond acceptors (Lipinski definition) is 2. The van der Waals surface area contributed by atoms with Gasteiger partial charge in [-0.05, 0) is 37.4 Å². The predicted octanol–water partition coefficient (Wildman–Crippen LogP) is 3.08. The molecule has 0 aliphatic carbocycles. The fourth-order valence-corrected chi connectivity index (χ4v) is 2.37. The van der Waals surface area contributed by atoms with Crippen molar-refractivity contribution in [2.75, 3.05) is 13.6 Å². The first-order valence-electron chi connectivity index (χ1n) is 4.75. The van der Waals surface area contributed by atoms with Gasteiger partial charge >= 0.3 is 6.18 Å². The van der Waals surface area contributed by atoms with Gasteiger partial charge in [-0.15, -0.1) is 11.3 Å². The van der Waals surface area contributed by atoms with Gasteiger partial charge in [-0.2, -0.15) is 13.2 Å². The van der Waals surface area contributed by atoms with Crippen LogP contribution < -0.4 is 5.32 Å². The van der Waals surface area contributed by atoms with Crippen LogP contribution in [0.3, 0.4) is 0 Å². The van der Waals surface area contributed by atoms with Crippen LogP contribution in [0.1, 0.15) is 11.3 Å². The summed E-state index contributed by atoms with van der Waals surface area (Å²) in [7, 11) is 1.68. The summed E-state index contributed by atoms with van der Waals surface area (Å²) in [5.74, 6) is -0.367. The Morgan fingerprint density at radius 1 is 1.47 bits per heavy atom. The van der Waals surface area contributed by atoms with Gasteiger partial charge < -0.3 is 5.32 Å². The average molecular weight is 237 g/mol. The number of thiophene rings is 1. The second-order valence-corrected chi connectivity index (χ2v) is 4.56. The van der Waals surface area contributed by atoms with Crippen LogP contribution in [0.5, 0.6) is 0 Å². The Bertz CT molecular complexity index is 269. The lowest BCUT2D eigenvalue weighted by atomic mass is 10.0. The molecule has 1 aromatic heterocycles. The van der Waals surface area contributed by atoms with Crippen LogP contribution in [0.15, 0.2) is 17.5 Å². The molecule has 0 unspecified atom stereocenters. The topological polar surface area (TPSA) is 12.0 Å². The monoisotopic (exact) mass is 237 g/mol. The summed E-state index contributed by atoms with van der Waals surface area (Å²) in [6.07, 6.45) is -4.29. The number of halogens is 3. The third-order valence-corrected chi connectivity index (χ3v) is 2.98. The molecule has 0 saturated carbocycles. The molecule has 0 saturated heterocycles. The predicted molar refractivity (Wildman–Crippen MR) is 56.1 cm³/mol. The fourth-order valence-electron chi connectivity index (χ4n) is 1.55. The molecule has 1 N–H and O–H groups in total. The van der Waals surface area contributed by atoms with Crippen molar-refractivity contribution in [2.24, 2.45) is 5.92 Å². The third kappa shape index (κ3) is 5.18. The Labute approximate surface area is 91.3 Å². The molecule has 0 fully saturated rings. The van der Waals surface area contributed by atoms with Crippen molar-refractivity contribution in [3.05, 3.63) is 22.4 Å². The van der Waals surface area contributed by atoms with Crippen molar-refractivity contribution >= 4 is 11.3 Å². The van der Waals surface area contributed by atoms with Crippen LogP contribution in [0.25, 0.3) is 0 Å². The summed E-state index contributed by atoms with van der Waals surface area (Å²) in [5, 5.41) is 4.70. The first-order valence-corrected chi connectivity index (χ1v) is 5.63. The minimum absolute atomic E-state index is 0.367. The molecule has 1 aromatic rings. The maximum absolute atomic E-state index is 12.2. The molecule has 0 aliphatic rings. The van der Waals surface area contributed by atoms with Gasteiger partial charge in [0, 0.05) is 11.3 Å². The molecule has 0 aliphatic heterocycles. The zero-order chi connectivity index (χ0) is 11.3. The quantitative estimate of drug-likeness (QED) is 0.829. The largest absolute Gasteiger partial charge is 0.389 e. The van der Waals surface area contributed by atoms with E-state index in [1.807, 2.05) is 17.5 Å². The summed E-state index contributed by atoms with van der Waals surface area (Å²) in [5.41, 5.74) is 0. The summed E-state index contributed by atoms with van der Waals surface area (Å²) < 4.78 is 36.7. The van der Waals surface area contributed by atoms with Gasteiger partial charge in [0.2, 0.25) is 0 Å². The van der Waals surface area contributed by atoms with Gasteiger partial charge in [0.05, 0.1) is 0 Å². The Balaban J connectivity index is 2.51. The van der Waals surface area contributed by atoms with E-state index in [-0.39, 0.29) is 5.92 Å². The van der Waals surface area contributed by atoms with Crippen molar-refractivity contribution in [3.63, 3.8) is 0 Å². The van der Waals surface area contributed by atoms with Crippen LogP contribution in [-0.2, 0) is 6.42 Å². The smallest absolute Gasteiger partial charge is 0.319 e. The number of rotatable bonds is 5. The van der Waals surface area contributed by atoms with Crippen LogP contribution in [0, 0.1) is 5.92 Å². The molecule has 0 radical (unpaired) electrons. The summed E-state index contributed by atoms with van der Waals surface area (Å²) in [4.78, 5) is 1.01. The molecule has 0 spiro atoms. The SMILES string of the molecule is CNC[C@@H](Cc1cccs1)CC(F)(F)F. The molecule has 0 amide bonds.